The second-order valence-corrected chi connectivity index (χ2v) is 9.41. The zero-order valence-electron chi connectivity index (χ0n) is 17.5. The minimum Gasteiger partial charge on any atom is -0.491 e. The molecule has 0 spiro atoms. The maximum absolute atomic E-state index is 12.7. The van der Waals surface area contributed by atoms with E-state index in [1.807, 2.05) is 0 Å². The highest BCUT2D eigenvalue weighted by atomic mass is 32.2. The summed E-state index contributed by atoms with van der Waals surface area (Å²) in [6, 6.07) is 12.5. The number of Topliss-reactive ketones (excluding diaryl/α,β-unsaturated/α-hetero) is 1. The van der Waals surface area contributed by atoms with Crippen LogP contribution in [-0.4, -0.2) is 57.3 Å². The Hall–Kier alpha value is -2.75. The summed E-state index contributed by atoms with van der Waals surface area (Å²) in [7, 11) is -2.54. The third-order valence-corrected chi connectivity index (χ3v) is 6.73. The molecule has 0 aliphatic carbocycles. The Morgan fingerprint density at radius 2 is 1.94 bits per heavy atom. The molecule has 1 heterocycles. The fourth-order valence-electron chi connectivity index (χ4n) is 3.16. The standard InChI is InChI=1S/C22H26N2O6S/c1-16(25)17-8-10-21(11-9-17)31(27,28)24(2)14-22(26)23-18-5-3-6-19(13-18)30-15-20-7-4-12-29-20/h3,5-6,8-11,13,20H,4,7,12,14-15H2,1-2H3,(H,23,26)/t20-/m1/s1. The van der Waals surface area contributed by atoms with Crippen LogP contribution in [0.3, 0.4) is 0 Å². The van der Waals surface area contributed by atoms with Gasteiger partial charge in [-0.3, -0.25) is 9.59 Å². The summed E-state index contributed by atoms with van der Waals surface area (Å²) in [6.07, 6.45) is 2.08. The Morgan fingerprint density at radius 1 is 1.19 bits per heavy atom. The molecule has 3 rings (SSSR count). The predicted molar refractivity (Wildman–Crippen MR) is 116 cm³/mol. The number of ketones is 1. The van der Waals surface area contributed by atoms with Gasteiger partial charge in [-0.2, -0.15) is 4.31 Å². The SMILES string of the molecule is CC(=O)c1ccc(S(=O)(=O)N(C)CC(=O)Nc2cccc(OC[C@H]3CCCO3)c2)cc1. The molecule has 166 valence electrons. The smallest absolute Gasteiger partial charge is 0.243 e. The van der Waals surface area contributed by atoms with Gasteiger partial charge in [-0.05, 0) is 44.0 Å². The fraction of sp³-hybridized carbons (Fsp3) is 0.364. The molecule has 0 aromatic heterocycles. The van der Waals surface area contributed by atoms with Crippen molar-refractivity contribution in [2.24, 2.45) is 0 Å². The lowest BCUT2D eigenvalue weighted by Crippen LogP contribution is -2.35. The van der Waals surface area contributed by atoms with Crippen LogP contribution >= 0.6 is 0 Å². The van der Waals surface area contributed by atoms with Crippen molar-refractivity contribution in [2.45, 2.75) is 30.8 Å². The Kier molecular flexibility index (Phi) is 7.42. The summed E-state index contributed by atoms with van der Waals surface area (Å²) in [6.45, 7) is 2.24. The third-order valence-electron chi connectivity index (χ3n) is 4.91. The lowest BCUT2D eigenvalue weighted by atomic mass is 10.2. The minimum absolute atomic E-state index is 0.0114. The molecule has 0 radical (unpaired) electrons. The topological polar surface area (TPSA) is 102 Å². The number of benzene rings is 2. The van der Waals surface area contributed by atoms with Crippen molar-refractivity contribution in [1.29, 1.82) is 0 Å². The average molecular weight is 447 g/mol. The van der Waals surface area contributed by atoms with Crippen LogP contribution in [0.2, 0.25) is 0 Å². The number of carbonyl (C=O) groups excluding carboxylic acids is 2. The normalized spacial score (nSPS) is 16.3. The van der Waals surface area contributed by atoms with Gasteiger partial charge >= 0.3 is 0 Å². The van der Waals surface area contributed by atoms with E-state index >= 15 is 0 Å². The number of amides is 1. The number of nitrogens with one attached hydrogen (secondary N) is 1. The van der Waals surface area contributed by atoms with Gasteiger partial charge in [0.15, 0.2) is 5.78 Å². The maximum Gasteiger partial charge on any atom is 0.243 e. The van der Waals surface area contributed by atoms with Gasteiger partial charge in [0.1, 0.15) is 12.4 Å². The first kappa shape index (κ1) is 22.9. The second kappa shape index (κ2) is 10.0. The van der Waals surface area contributed by atoms with Crippen molar-refractivity contribution >= 4 is 27.4 Å². The predicted octanol–water partition coefficient (Wildman–Crippen LogP) is 2.71. The molecule has 8 nitrogen and oxygen atoms in total. The largest absolute Gasteiger partial charge is 0.491 e. The minimum atomic E-state index is -3.87. The van der Waals surface area contributed by atoms with Crippen molar-refractivity contribution < 1.29 is 27.5 Å². The molecule has 1 saturated heterocycles. The van der Waals surface area contributed by atoms with E-state index in [1.54, 1.807) is 24.3 Å². The molecule has 1 N–H and O–H groups in total. The molecule has 0 unspecified atom stereocenters. The number of likely N-dealkylation sites (N-methyl/N-ethyl adjacent to an activating group) is 1. The van der Waals surface area contributed by atoms with E-state index in [1.165, 1.54) is 38.2 Å². The number of hydrogen-bond acceptors (Lipinski definition) is 6. The Bertz CT molecular complexity index is 1030. The summed E-state index contributed by atoms with van der Waals surface area (Å²) in [4.78, 5) is 23.8. The van der Waals surface area contributed by atoms with E-state index in [0.717, 1.165) is 23.8 Å². The van der Waals surface area contributed by atoms with Gasteiger partial charge in [-0.25, -0.2) is 8.42 Å². The zero-order chi connectivity index (χ0) is 22.4. The molecule has 9 heteroatoms. The Morgan fingerprint density at radius 3 is 2.58 bits per heavy atom. The molecular weight excluding hydrogens is 420 g/mol. The quantitative estimate of drug-likeness (QED) is 0.594. The first-order valence-electron chi connectivity index (χ1n) is 9.97. The number of hydrogen-bond donors (Lipinski definition) is 1. The average Bonchev–Trinajstić information content (AvgIpc) is 3.26. The van der Waals surface area contributed by atoms with Crippen LogP contribution in [0.25, 0.3) is 0 Å². The van der Waals surface area contributed by atoms with Gasteiger partial charge in [-0.15, -0.1) is 0 Å². The van der Waals surface area contributed by atoms with E-state index < -0.39 is 15.9 Å². The number of carbonyl (C=O) groups is 2. The zero-order valence-corrected chi connectivity index (χ0v) is 18.4. The summed E-state index contributed by atoms with van der Waals surface area (Å²) >= 11 is 0. The van der Waals surface area contributed by atoms with Crippen molar-refractivity contribution in [1.82, 2.24) is 4.31 Å². The molecule has 1 aliphatic rings. The van der Waals surface area contributed by atoms with Crippen molar-refractivity contribution in [3.05, 3.63) is 54.1 Å². The Labute approximate surface area is 182 Å². The van der Waals surface area contributed by atoms with Crippen LogP contribution in [0.5, 0.6) is 5.75 Å². The molecule has 1 fully saturated rings. The molecule has 2 aromatic carbocycles. The summed E-state index contributed by atoms with van der Waals surface area (Å²) < 4.78 is 37.6. The van der Waals surface area contributed by atoms with E-state index in [2.05, 4.69) is 5.32 Å². The summed E-state index contributed by atoms with van der Waals surface area (Å²) in [5, 5.41) is 2.69. The van der Waals surface area contributed by atoms with Crippen molar-refractivity contribution in [3.63, 3.8) is 0 Å². The highest BCUT2D eigenvalue weighted by Crippen LogP contribution is 2.20. The fourth-order valence-corrected chi connectivity index (χ4v) is 4.29. The monoisotopic (exact) mass is 446 g/mol. The summed E-state index contributed by atoms with van der Waals surface area (Å²) in [5.74, 6) is -0.0406. The molecular formula is C22H26N2O6S. The molecule has 0 bridgehead atoms. The first-order valence-corrected chi connectivity index (χ1v) is 11.4. The van der Waals surface area contributed by atoms with Crippen LogP contribution < -0.4 is 10.1 Å². The van der Waals surface area contributed by atoms with Gasteiger partial charge in [0.25, 0.3) is 0 Å². The highest BCUT2D eigenvalue weighted by molar-refractivity contribution is 7.89. The van der Waals surface area contributed by atoms with E-state index in [9.17, 15) is 18.0 Å². The summed E-state index contributed by atoms with van der Waals surface area (Å²) in [5.41, 5.74) is 0.924. The molecule has 1 aliphatic heterocycles. The van der Waals surface area contributed by atoms with Crippen molar-refractivity contribution in [2.75, 3.05) is 32.1 Å². The molecule has 1 atom stereocenters. The van der Waals surface area contributed by atoms with Crippen LogP contribution in [0.15, 0.2) is 53.4 Å². The molecule has 31 heavy (non-hydrogen) atoms. The Balaban J connectivity index is 1.58. The van der Waals surface area contributed by atoms with Crippen LogP contribution in [-0.2, 0) is 19.6 Å². The molecule has 2 aromatic rings. The van der Waals surface area contributed by atoms with Gasteiger partial charge in [0, 0.05) is 31.0 Å². The number of ether oxygens (including phenoxy) is 2. The first-order chi connectivity index (χ1) is 14.8. The number of sulfonamides is 1. The number of nitrogens with zero attached hydrogens (tertiary/aromatic N) is 1. The van der Waals surface area contributed by atoms with Crippen LogP contribution in [0, 0.1) is 0 Å². The third kappa shape index (κ3) is 6.13. The second-order valence-electron chi connectivity index (χ2n) is 7.36. The van der Waals surface area contributed by atoms with Crippen LogP contribution in [0.1, 0.15) is 30.1 Å². The van der Waals surface area contributed by atoms with Crippen molar-refractivity contribution in [3.8, 4) is 5.75 Å². The van der Waals surface area contributed by atoms with E-state index in [4.69, 9.17) is 9.47 Å². The van der Waals surface area contributed by atoms with Gasteiger partial charge in [0.05, 0.1) is 17.5 Å². The van der Waals surface area contributed by atoms with E-state index in [0.29, 0.717) is 23.6 Å². The van der Waals surface area contributed by atoms with Gasteiger partial charge in [-0.1, -0.05) is 18.2 Å². The lowest BCUT2D eigenvalue weighted by Gasteiger charge is -2.17. The van der Waals surface area contributed by atoms with Crippen LogP contribution in [0.4, 0.5) is 5.69 Å². The van der Waals surface area contributed by atoms with E-state index in [-0.39, 0.29) is 23.3 Å². The van der Waals surface area contributed by atoms with Gasteiger partial charge < -0.3 is 14.8 Å². The maximum atomic E-state index is 12.7. The number of anilines is 1. The van der Waals surface area contributed by atoms with Gasteiger partial charge in [0.2, 0.25) is 15.9 Å². The lowest BCUT2D eigenvalue weighted by molar-refractivity contribution is -0.116. The highest BCUT2D eigenvalue weighted by Gasteiger charge is 2.23. The molecule has 1 amide bonds. The number of rotatable bonds is 9. The molecule has 0 saturated carbocycles.